The van der Waals surface area contributed by atoms with Crippen LogP contribution in [0, 0.1) is 0 Å². The van der Waals surface area contributed by atoms with Crippen molar-refractivity contribution in [2.24, 2.45) is 0 Å². The van der Waals surface area contributed by atoms with Gasteiger partial charge in [0.15, 0.2) is 5.78 Å². The molecule has 9 heteroatoms. The Morgan fingerprint density at radius 2 is 1.62 bits per heavy atom. The van der Waals surface area contributed by atoms with Gasteiger partial charge in [0.1, 0.15) is 5.75 Å². The maximum absolute atomic E-state index is 12.9. The molecule has 0 heterocycles. The van der Waals surface area contributed by atoms with E-state index in [1.165, 1.54) is 56.5 Å². The van der Waals surface area contributed by atoms with E-state index in [1.807, 2.05) is 0 Å². The third-order valence-electron chi connectivity index (χ3n) is 4.62. The van der Waals surface area contributed by atoms with E-state index in [4.69, 9.17) is 16.3 Å². The summed E-state index contributed by atoms with van der Waals surface area (Å²) >= 11 is 6.06. The number of ether oxygens (including phenoxy) is 1. The number of carbonyl (C=O) groups excluding carboxylic acids is 2. The predicted molar refractivity (Wildman–Crippen MR) is 123 cm³/mol. The van der Waals surface area contributed by atoms with Crippen LogP contribution in [0.3, 0.4) is 0 Å². The number of hydrogen-bond donors (Lipinski definition) is 2. The fourth-order valence-electron chi connectivity index (χ4n) is 2.91. The Morgan fingerprint density at radius 3 is 2.25 bits per heavy atom. The third kappa shape index (κ3) is 5.53. The average Bonchev–Trinajstić information content (AvgIpc) is 2.80. The van der Waals surface area contributed by atoms with Crippen molar-refractivity contribution in [3.63, 3.8) is 0 Å². The molecule has 0 fully saturated rings. The van der Waals surface area contributed by atoms with E-state index in [0.717, 1.165) is 0 Å². The fraction of sp³-hybridized carbons (Fsp3) is 0.130. The van der Waals surface area contributed by atoms with Crippen LogP contribution in [-0.4, -0.2) is 33.3 Å². The van der Waals surface area contributed by atoms with Gasteiger partial charge in [-0.3, -0.25) is 9.59 Å². The lowest BCUT2D eigenvalue weighted by Gasteiger charge is -2.16. The number of rotatable bonds is 8. The van der Waals surface area contributed by atoms with Crippen LogP contribution in [0.25, 0.3) is 0 Å². The average molecular weight is 473 g/mol. The van der Waals surface area contributed by atoms with Gasteiger partial charge in [0, 0.05) is 16.1 Å². The molecule has 3 aromatic rings. The van der Waals surface area contributed by atoms with Gasteiger partial charge in [-0.2, -0.15) is 4.72 Å². The fourth-order valence-corrected chi connectivity index (χ4v) is 4.28. The molecule has 1 amide bonds. The molecular weight excluding hydrogens is 452 g/mol. The zero-order chi connectivity index (χ0) is 23.3. The highest BCUT2D eigenvalue weighted by atomic mass is 35.5. The standard InChI is InChI=1S/C23H21ClN2O5S/c1-15(26-32(29,30)19-11-9-18(31-2)10-12-19)23(28)25-21-13-8-17(24)14-20(21)22(27)16-6-4-3-5-7-16/h3-15,26H,1-2H3,(H,25,28)/t15-/m0/s1. The first-order valence-corrected chi connectivity index (χ1v) is 11.4. The van der Waals surface area contributed by atoms with E-state index in [1.54, 1.807) is 30.3 Å². The van der Waals surface area contributed by atoms with Crippen LogP contribution < -0.4 is 14.8 Å². The van der Waals surface area contributed by atoms with Crippen LogP contribution >= 0.6 is 11.6 Å². The summed E-state index contributed by atoms with van der Waals surface area (Å²) in [5.41, 5.74) is 0.851. The summed E-state index contributed by atoms with van der Waals surface area (Å²) in [6, 6.07) is 17.7. The molecule has 7 nitrogen and oxygen atoms in total. The van der Waals surface area contributed by atoms with Gasteiger partial charge >= 0.3 is 0 Å². The van der Waals surface area contributed by atoms with Gasteiger partial charge in [0.25, 0.3) is 0 Å². The Morgan fingerprint density at radius 1 is 0.969 bits per heavy atom. The second kappa shape index (κ2) is 9.95. The van der Waals surface area contributed by atoms with Crippen molar-refractivity contribution >= 4 is 39.0 Å². The van der Waals surface area contributed by atoms with Crippen molar-refractivity contribution in [1.82, 2.24) is 4.72 Å². The van der Waals surface area contributed by atoms with E-state index >= 15 is 0 Å². The number of sulfonamides is 1. The zero-order valence-electron chi connectivity index (χ0n) is 17.3. The van der Waals surface area contributed by atoms with Crippen LogP contribution in [0.4, 0.5) is 5.69 Å². The van der Waals surface area contributed by atoms with Gasteiger partial charge < -0.3 is 10.1 Å². The number of benzene rings is 3. The molecule has 0 unspecified atom stereocenters. The largest absolute Gasteiger partial charge is 0.497 e. The smallest absolute Gasteiger partial charge is 0.242 e. The number of anilines is 1. The molecule has 0 aliphatic rings. The van der Waals surface area contributed by atoms with Crippen molar-refractivity contribution in [3.05, 3.63) is 88.9 Å². The topological polar surface area (TPSA) is 102 Å². The first-order valence-electron chi connectivity index (χ1n) is 9.58. The van der Waals surface area contributed by atoms with Crippen LogP contribution in [0.15, 0.2) is 77.7 Å². The molecule has 166 valence electrons. The maximum atomic E-state index is 12.9. The molecule has 0 aliphatic carbocycles. The molecule has 0 aliphatic heterocycles. The highest BCUT2D eigenvalue weighted by Gasteiger charge is 2.24. The Bertz CT molecular complexity index is 1230. The number of hydrogen-bond acceptors (Lipinski definition) is 5. The van der Waals surface area contributed by atoms with Gasteiger partial charge in [0.2, 0.25) is 15.9 Å². The Kier molecular flexibility index (Phi) is 7.29. The summed E-state index contributed by atoms with van der Waals surface area (Å²) in [5, 5.41) is 2.94. The number of halogens is 1. The van der Waals surface area contributed by atoms with Crippen LogP contribution in [-0.2, 0) is 14.8 Å². The third-order valence-corrected chi connectivity index (χ3v) is 6.41. The van der Waals surface area contributed by atoms with E-state index in [-0.39, 0.29) is 21.9 Å². The molecule has 0 radical (unpaired) electrons. The maximum Gasteiger partial charge on any atom is 0.242 e. The van der Waals surface area contributed by atoms with Gasteiger partial charge in [-0.05, 0) is 49.4 Å². The normalized spacial score (nSPS) is 12.1. The molecule has 3 aromatic carbocycles. The second-order valence-electron chi connectivity index (χ2n) is 6.89. The molecule has 3 rings (SSSR count). The number of nitrogens with one attached hydrogen (secondary N) is 2. The number of ketones is 1. The van der Waals surface area contributed by atoms with Crippen molar-refractivity contribution in [1.29, 1.82) is 0 Å². The van der Waals surface area contributed by atoms with Crippen LogP contribution in [0.1, 0.15) is 22.8 Å². The van der Waals surface area contributed by atoms with E-state index in [0.29, 0.717) is 16.3 Å². The molecule has 0 saturated carbocycles. The number of amides is 1. The van der Waals surface area contributed by atoms with Gasteiger partial charge in [-0.15, -0.1) is 0 Å². The summed E-state index contributed by atoms with van der Waals surface area (Å²) in [7, 11) is -2.48. The Balaban J connectivity index is 1.78. The number of carbonyl (C=O) groups is 2. The lowest BCUT2D eigenvalue weighted by molar-refractivity contribution is -0.117. The van der Waals surface area contributed by atoms with Crippen molar-refractivity contribution in [3.8, 4) is 5.75 Å². The summed E-state index contributed by atoms with van der Waals surface area (Å²) in [6.45, 7) is 1.41. The highest BCUT2D eigenvalue weighted by Crippen LogP contribution is 2.24. The second-order valence-corrected chi connectivity index (χ2v) is 9.04. The predicted octanol–water partition coefficient (Wildman–Crippen LogP) is 3.89. The van der Waals surface area contributed by atoms with Crippen molar-refractivity contribution in [2.45, 2.75) is 17.9 Å². The highest BCUT2D eigenvalue weighted by molar-refractivity contribution is 7.89. The summed E-state index contributed by atoms with van der Waals surface area (Å²) in [6.07, 6.45) is 0. The summed E-state index contributed by atoms with van der Waals surface area (Å²) in [5.74, 6) is -0.450. The quantitative estimate of drug-likeness (QED) is 0.484. The first kappa shape index (κ1) is 23.5. The first-order chi connectivity index (χ1) is 15.2. The van der Waals surface area contributed by atoms with Gasteiger partial charge in [-0.1, -0.05) is 41.9 Å². The molecule has 0 spiro atoms. The van der Waals surface area contributed by atoms with Crippen LogP contribution in [0.5, 0.6) is 5.75 Å². The minimum Gasteiger partial charge on any atom is -0.497 e. The Labute approximate surface area is 191 Å². The molecule has 0 saturated heterocycles. The number of methoxy groups -OCH3 is 1. The van der Waals surface area contributed by atoms with Gasteiger partial charge in [0.05, 0.1) is 23.7 Å². The molecule has 0 bridgehead atoms. The lowest BCUT2D eigenvalue weighted by Crippen LogP contribution is -2.41. The van der Waals surface area contributed by atoms with Crippen molar-refractivity contribution in [2.75, 3.05) is 12.4 Å². The summed E-state index contributed by atoms with van der Waals surface area (Å²) < 4.78 is 32.6. The van der Waals surface area contributed by atoms with Crippen LogP contribution in [0.2, 0.25) is 5.02 Å². The van der Waals surface area contributed by atoms with Crippen molar-refractivity contribution < 1.29 is 22.7 Å². The SMILES string of the molecule is COc1ccc(S(=O)(=O)N[C@@H](C)C(=O)Nc2ccc(Cl)cc2C(=O)c2ccccc2)cc1. The lowest BCUT2D eigenvalue weighted by atomic mass is 10.0. The monoisotopic (exact) mass is 472 g/mol. The molecule has 2 N–H and O–H groups in total. The van der Waals surface area contributed by atoms with E-state index in [9.17, 15) is 18.0 Å². The Hall–Kier alpha value is -3.20. The minimum atomic E-state index is -3.95. The molecule has 0 aromatic heterocycles. The molecular formula is C23H21ClN2O5S. The molecule has 1 atom stereocenters. The summed E-state index contributed by atoms with van der Waals surface area (Å²) in [4.78, 5) is 25.6. The van der Waals surface area contributed by atoms with E-state index in [2.05, 4.69) is 10.0 Å². The molecule has 32 heavy (non-hydrogen) atoms. The zero-order valence-corrected chi connectivity index (χ0v) is 18.9. The minimum absolute atomic E-state index is 0.00983. The van der Waals surface area contributed by atoms with Gasteiger partial charge in [-0.25, -0.2) is 8.42 Å². The van der Waals surface area contributed by atoms with E-state index < -0.39 is 22.0 Å².